The van der Waals surface area contributed by atoms with Gasteiger partial charge in [-0.25, -0.2) is 10.4 Å². The van der Waals surface area contributed by atoms with Gasteiger partial charge in [-0.3, -0.25) is 14.6 Å². The van der Waals surface area contributed by atoms with Crippen LogP contribution in [0.4, 0.5) is 0 Å². The predicted octanol–water partition coefficient (Wildman–Crippen LogP) is 0.945. The SMILES string of the molecule is COc1ccc(C2NNCC2CNC(=O)c2nnc3nc(C)cc(C)n23)cc1. The number of ether oxygens (including phenoxy) is 1. The van der Waals surface area contributed by atoms with Gasteiger partial charge in [0.2, 0.25) is 5.82 Å². The first-order valence-corrected chi connectivity index (χ1v) is 9.16. The highest BCUT2D eigenvalue weighted by Crippen LogP contribution is 2.26. The lowest BCUT2D eigenvalue weighted by Crippen LogP contribution is -2.34. The van der Waals surface area contributed by atoms with Crippen LogP contribution in [0.5, 0.6) is 5.75 Å². The number of methoxy groups -OCH3 is 1. The summed E-state index contributed by atoms with van der Waals surface area (Å²) >= 11 is 0. The van der Waals surface area contributed by atoms with E-state index in [-0.39, 0.29) is 23.7 Å². The number of nitrogens with one attached hydrogen (secondary N) is 3. The summed E-state index contributed by atoms with van der Waals surface area (Å²) in [6.45, 7) is 5.05. The van der Waals surface area contributed by atoms with Crippen LogP contribution in [0, 0.1) is 19.8 Å². The van der Waals surface area contributed by atoms with Gasteiger partial charge < -0.3 is 10.1 Å². The Bertz CT molecular complexity index is 999. The molecule has 3 N–H and O–H groups in total. The van der Waals surface area contributed by atoms with Gasteiger partial charge in [0.15, 0.2) is 0 Å². The van der Waals surface area contributed by atoms with E-state index in [1.807, 2.05) is 44.2 Å². The highest BCUT2D eigenvalue weighted by molar-refractivity contribution is 5.91. The molecule has 3 aromatic rings. The minimum atomic E-state index is -0.262. The molecule has 2 atom stereocenters. The standard InChI is InChI=1S/C19H23N7O2/c1-11-8-12(2)26-17(24-25-19(26)22-11)18(27)20-9-14-10-21-23-16(14)13-4-6-15(28-3)7-5-13/h4-8,14,16,21,23H,9-10H2,1-3H3,(H,20,27). The highest BCUT2D eigenvalue weighted by Gasteiger charge is 2.29. The zero-order valence-electron chi connectivity index (χ0n) is 16.1. The third kappa shape index (κ3) is 3.41. The Kier molecular flexibility index (Phi) is 4.93. The number of rotatable bonds is 5. The van der Waals surface area contributed by atoms with E-state index < -0.39 is 0 Å². The van der Waals surface area contributed by atoms with Gasteiger partial charge >= 0.3 is 0 Å². The summed E-state index contributed by atoms with van der Waals surface area (Å²) < 4.78 is 6.89. The average Bonchev–Trinajstić information content (AvgIpc) is 3.33. The third-order valence-electron chi connectivity index (χ3n) is 4.99. The molecular weight excluding hydrogens is 358 g/mol. The van der Waals surface area contributed by atoms with Crippen LogP contribution < -0.4 is 20.9 Å². The number of hydrazine groups is 1. The maximum Gasteiger partial charge on any atom is 0.289 e. The first-order valence-electron chi connectivity index (χ1n) is 9.16. The van der Waals surface area contributed by atoms with E-state index in [1.165, 1.54) is 0 Å². The minimum Gasteiger partial charge on any atom is -0.497 e. The van der Waals surface area contributed by atoms with Crippen LogP contribution in [0.1, 0.15) is 33.6 Å². The van der Waals surface area contributed by atoms with Crippen LogP contribution >= 0.6 is 0 Å². The Labute approximate surface area is 162 Å². The fourth-order valence-corrected chi connectivity index (χ4v) is 3.57. The summed E-state index contributed by atoms with van der Waals surface area (Å²) in [4.78, 5) is 17.0. The van der Waals surface area contributed by atoms with Crippen molar-refractivity contribution in [2.75, 3.05) is 20.2 Å². The molecule has 0 radical (unpaired) electrons. The highest BCUT2D eigenvalue weighted by atomic mass is 16.5. The number of benzene rings is 1. The molecular formula is C19H23N7O2. The number of hydrogen-bond acceptors (Lipinski definition) is 7. The molecule has 3 heterocycles. The van der Waals surface area contributed by atoms with Crippen molar-refractivity contribution < 1.29 is 9.53 Å². The molecule has 28 heavy (non-hydrogen) atoms. The second kappa shape index (κ2) is 7.53. The molecule has 146 valence electrons. The summed E-state index contributed by atoms with van der Waals surface area (Å²) in [5.74, 6) is 1.43. The minimum absolute atomic E-state index is 0.0902. The van der Waals surface area contributed by atoms with Gasteiger partial charge in [-0.05, 0) is 37.6 Å². The van der Waals surface area contributed by atoms with Crippen molar-refractivity contribution in [3.63, 3.8) is 0 Å². The number of carbonyl (C=O) groups excluding carboxylic acids is 1. The topological polar surface area (TPSA) is 105 Å². The first kappa shape index (κ1) is 18.3. The second-order valence-electron chi connectivity index (χ2n) is 6.94. The molecule has 1 amide bonds. The van der Waals surface area contributed by atoms with Crippen molar-refractivity contribution in [2.45, 2.75) is 19.9 Å². The van der Waals surface area contributed by atoms with E-state index in [1.54, 1.807) is 11.5 Å². The van der Waals surface area contributed by atoms with Gasteiger partial charge in [-0.15, -0.1) is 10.2 Å². The van der Waals surface area contributed by atoms with Crippen molar-refractivity contribution >= 4 is 11.7 Å². The van der Waals surface area contributed by atoms with Crippen LogP contribution in [-0.2, 0) is 0 Å². The summed E-state index contributed by atoms with van der Waals surface area (Å²) in [6, 6.07) is 9.92. The smallest absolute Gasteiger partial charge is 0.289 e. The maximum atomic E-state index is 12.7. The number of aryl methyl sites for hydroxylation is 2. The Morgan fingerprint density at radius 1 is 1.29 bits per heavy atom. The number of carbonyl (C=O) groups is 1. The van der Waals surface area contributed by atoms with Gasteiger partial charge in [-0.1, -0.05) is 12.1 Å². The van der Waals surface area contributed by atoms with E-state index in [4.69, 9.17) is 4.74 Å². The summed E-state index contributed by atoms with van der Waals surface area (Å²) in [5.41, 5.74) is 9.30. The molecule has 0 bridgehead atoms. The van der Waals surface area contributed by atoms with Gasteiger partial charge in [-0.2, -0.15) is 0 Å². The lowest BCUT2D eigenvalue weighted by Gasteiger charge is -2.19. The molecule has 4 rings (SSSR count). The third-order valence-corrected chi connectivity index (χ3v) is 4.99. The Morgan fingerprint density at radius 3 is 2.82 bits per heavy atom. The van der Waals surface area contributed by atoms with Crippen LogP contribution in [0.15, 0.2) is 30.3 Å². The summed E-state index contributed by atoms with van der Waals surface area (Å²) in [7, 11) is 1.65. The van der Waals surface area contributed by atoms with Crippen molar-refractivity contribution in [3.8, 4) is 5.75 Å². The second-order valence-corrected chi connectivity index (χ2v) is 6.94. The van der Waals surface area contributed by atoms with Crippen molar-refractivity contribution in [3.05, 3.63) is 53.1 Å². The van der Waals surface area contributed by atoms with Gasteiger partial charge in [0.25, 0.3) is 11.7 Å². The number of hydrogen-bond donors (Lipinski definition) is 3. The molecule has 9 heteroatoms. The lowest BCUT2D eigenvalue weighted by molar-refractivity contribution is 0.0935. The van der Waals surface area contributed by atoms with E-state index in [9.17, 15) is 4.79 Å². The van der Waals surface area contributed by atoms with Crippen molar-refractivity contribution in [1.82, 2.24) is 35.8 Å². The van der Waals surface area contributed by atoms with Crippen molar-refractivity contribution in [1.29, 1.82) is 0 Å². The molecule has 1 aliphatic heterocycles. The Hall–Kier alpha value is -3.04. The molecule has 0 aliphatic carbocycles. The van der Waals surface area contributed by atoms with Crippen LogP contribution in [0.3, 0.4) is 0 Å². The Balaban J connectivity index is 1.47. The number of fused-ring (bicyclic) bond motifs is 1. The quantitative estimate of drug-likeness (QED) is 0.604. The zero-order chi connectivity index (χ0) is 19.7. The zero-order valence-corrected chi connectivity index (χ0v) is 16.1. The average molecular weight is 381 g/mol. The van der Waals surface area contributed by atoms with E-state index in [2.05, 4.69) is 31.3 Å². The van der Waals surface area contributed by atoms with E-state index in [0.29, 0.717) is 12.3 Å². The predicted molar refractivity (Wildman–Crippen MR) is 103 cm³/mol. The molecule has 1 fully saturated rings. The Morgan fingerprint density at radius 2 is 2.07 bits per heavy atom. The first-order chi connectivity index (χ1) is 13.6. The fraction of sp³-hybridized carbons (Fsp3) is 0.368. The lowest BCUT2D eigenvalue weighted by atomic mass is 9.95. The molecule has 2 unspecified atom stereocenters. The van der Waals surface area contributed by atoms with Crippen molar-refractivity contribution in [2.24, 2.45) is 5.92 Å². The normalized spacial score (nSPS) is 19.1. The van der Waals surface area contributed by atoms with E-state index >= 15 is 0 Å². The molecule has 0 saturated carbocycles. The number of nitrogens with zero attached hydrogens (tertiary/aromatic N) is 4. The molecule has 2 aromatic heterocycles. The summed E-state index contributed by atoms with van der Waals surface area (Å²) in [6.07, 6.45) is 0. The monoisotopic (exact) mass is 381 g/mol. The molecule has 1 aromatic carbocycles. The molecule has 9 nitrogen and oxygen atoms in total. The molecule has 0 spiro atoms. The number of aromatic nitrogens is 4. The molecule has 1 saturated heterocycles. The van der Waals surface area contributed by atoms with Crippen LogP contribution in [0.25, 0.3) is 5.78 Å². The summed E-state index contributed by atoms with van der Waals surface area (Å²) in [5, 5.41) is 11.0. The van der Waals surface area contributed by atoms with Gasteiger partial charge in [0.05, 0.1) is 13.2 Å². The van der Waals surface area contributed by atoms with Crippen LogP contribution in [-0.4, -0.2) is 45.7 Å². The number of amides is 1. The van der Waals surface area contributed by atoms with Gasteiger partial charge in [0, 0.05) is 30.4 Å². The fourth-order valence-electron chi connectivity index (χ4n) is 3.57. The maximum absolute atomic E-state index is 12.7. The largest absolute Gasteiger partial charge is 0.497 e. The van der Waals surface area contributed by atoms with E-state index in [0.717, 1.165) is 29.2 Å². The van der Waals surface area contributed by atoms with Gasteiger partial charge in [0.1, 0.15) is 5.75 Å². The van der Waals surface area contributed by atoms with Crippen LogP contribution in [0.2, 0.25) is 0 Å². The molecule has 1 aliphatic rings.